The van der Waals surface area contributed by atoms with Crippen molar-refractivity contribution in [2.75, 3.05) is 0 Å². The minimum absolute atomic E-state index is 0.133. The summed E-state index contributed by atoms with van der Waals surface area (Å²) < 4.78 is 8.96. The van der Waals surface area contributed by atoms with Crippen molar-refractivity contribution in [1.82, 2.24) is 29.2 Å². The van der Waals surface area contributed by atoms with Gasteiger partial charge >= 0.3 is 5.69 Å². The fourth-order valence-corrected chi connectivity index (χ4v) is 3.19. The highest BCUT2D eigenvalue weighted by Crippen LogP contribution is 2.22. The van der Waals surface area contributed by atoms with Gasteiger partial charge in [0.1, 0.15) is 12.2 Å². The quantitative estimate of drug-likeness (QED) is 0.508. The summed E-state index contributed by atoms with van der Waals surface area (Å²) >= 11 is 5.88. The zero-order chi connectivity index (χ0) is 21.4. The monoisotopic (exact) mass is 428 g/mol. The number of benzene rings is 1. The molecule has 3 aromatic heterocycles. The highest BCUT2D eigenvalue weighted by molar-refractivity contribution is 6.30. The number of hydrogen-bond donors (Lipinski definition) is 1. The molecule has 0 fully saturated rings. The fraction of sp³-hybridized carbons (Fsp3) is 0.211. The molecule has 4 aromatic rings. The van der Waals surface area contributed by atoms with E-state index in [1.165, 1.54) is 29.6 Å². The molecule has 154 valence electrons. The van der Waals surface area contributed by atoms with Crippen LogP contribution in [-0.4, -0.2) is 29.7 Å². The van der Waals surface area contributed by atoms with Crippen LogP contribution in [0.3, 0.4) is 0 Å². The molecule has 11 heteroatoms. The van der Waals surface area contributed by atoms with Crippen LogP contribution in [0.4, 0.5) is 0 Å². The Kier molecular flexibility index (Phi) is 5.00. The summed E-state index contributed by atoms with van der Waals surface area (Å²) in [4.78, 5) is 40.9. The van der Waals surface area contributed by atoms with Crippen LogP contribution >= 0.6 is 11.6 Å². The van der Waals surface area contributed by atoms with Gasteiger partial charge in [0.25, 0.3) is 5.56 Å². The van der Waals surface area contributed by atoms with Gasteiger partial charge in [-0.15, -0.1) is 0 Å². The Morgan fingerprint density at radius 3 is 2.63 bits per heavy atom. The van der Waals surface area contributed by atoms with Gasteiger partial charge in [0.2, 0.25) is 5.91 Å². The summed E-state index contributed by atoms with van der Waals surface area (Å²) in [7, 11) is 2.90. The Hall–Kier alpha value is -3.66. The Labute approximate surface area is 174 Å². The Bertz CT molecular complexity index is 1360. The molecule has 0 aliphatic carbocycles. The first-order chi connectivity index (χ1) is 14.3. The summed E-state index contributed by atoms with van der Waals surface area (Å²) in [6.07, 6.45) is 1.36. The molecule has 3 heterocycles. The number of halogens is 1. The summed E-state index contributed by atoms with van der Waals surface area (Å²) in [5, 5.41) is 7.29. The molecular formula is C19H17ClN6O4. The average Bonchev–Trinajstić information content (AvgIpc) is 3.37. The Morgan fingerprint density at radius 2 is 1.90 bits per heavy atom. The maximum Gasteiger partial charge on any atom is 0.332 e. The van der Waals surface area contributed by atoms with Crippen LogP contribution in [0, 0.1) is 0 Å². The highest BCUT2D eigenvalue weighted by atomic mass is 35.5. The number of aryl methyl sites for hydroxylation is 1. The Balaban J connectivity index is 1.47. The predicted molar refractivity (Wildman–Crippen MR) is 109 cm³/mol. The second-order valence-electron chi connectivity index (χ2n) is 6.72. The molecule has 4 rings (SSSR count). The number of aromatic nitrogens is 5. The SMILES string of the molecule is Cn1c(=O)c2c(ncn2CC(=O)NCc2cc(-c3ccc(Cl)cc3)on2)n(C)c1=O. The molecule has 0 saturated heterocycles. The van der Waals surface area contributed by atoms with Crippen LogP contribution in [0.25, 0.3) is 22.5 Å². The molecule has 0 aliphatic heterocycles. The number of nitrogens with one attached hydrogen (secondary N) is 1. The maximum absolute atomic E-state index is 12.4. The van der Waals surface area contributed by atoms with E-state index >= 15 is 0 Å². The molecule has 1 N–H and O–H groups in total. The summed E-state index contributed by atoms with van der Waals surface area (Å²) in [5.74, 6) is 0.210. The number of imidazole rings is 1. The molecule has 30 heavy (non-hydrogen) atoms. The van der Waals surface area contributed by atoms with Crippen molar-refractivity contribution < 1.29 is 9.32 Å². The standard InChI is InChI=1S/C19H17ClN6O4/c1-24-17-16(18(28)25(2)19(24)29)26(10-22-17)9-15(27)21-8-13-7-14(30-23-13)11-3-5-12(20)6-4-11/h3-7,10H,8-9H2,1-2H3,(H,21,27). The number of carbonyl (C=O) groups excluding carboxylic acids is 1. The third-order valence-electron chi connectivity index (χ3n) is 4.69. The molecule has 0 saturated carbocycles. The first-order valence-electron chi connectivity index (χ1n) is 8.94. The third-order valence-corrected chi connectivity index (χ3v) is 4.94. The van der Waals surface area contributed by atoms with Crippen molar-refractivity contribution in [3.05, 3.63) is 68.2 Å². The van der Waals surface area contributed by atoms with Crippen LogP contribution in [0.5, 0.6) is 0 Å². The lowest BCUT2D eigenvalue weighted by Gasteiger charge is -2.07. The second kappa shape index (κ2) is 7.64. The Morgan fingerprint density at radius 1 is 1.17 bits per heavy atom. The van der Waals surface area contributed by atoms with Crippen molar-refractivity contribution >= 4 is 28.7 Å². The average molecular weight is 429 g/mol. The van der Waals surface area contributed by atoms with E-state index in [1.807, 2.05) is 12.1 Å². The summed E-state index contributed by atoms with van der Waals surface area (Å²) in [5.41, 5.74) is 0.770. The van der Waals surface area contributed by atoms with E-state index in [-0.39, 0.29) is 30.2 Å². The number of amides is 1. The van der Waals surface area contributed by atoms with Gasteiger partial charge in [-0.2, -0.15) is 0 Å². The van der Waals surface area contributed by atoms with Crippen molar-refractivity contribution in [2.45, 2.75) is 13.1 Å². The molecule has 1 amide bonds. The molecule has 0 unspecified atom stereocenters. The minimum atomic E-state index is -0.512. The van der Waals surface area contributed by atoms with Crippen molar-refractivity contribution in [2.24, 2.45) is 14.1 Å². The topological polar surface area (TPSA) is 117 Å². The van der Waals surface area contributed by atoms with Gasteiger partial charge in [-0.3, -0.25) is 18.7 Å². The molecule has 0 aliphatic rings. The third kappa shape index (κ3) is 3.52. The molecular weight excluding hydrogens is 412 g/mol. The van der Waals surface area contributed by atoms with Crippen molar-refractivity contribution in [3.8, 4) is 11.3 Å². The lowest BCUT2D eigenvalue weighted by Crippen LogP contribution is -2.38. The normalized spacial score (nSPS) is 11.2. The van der Waals surface area contributed by atoms with Crippen LogP contribution in [-0.2, 0) is 32.0 Å². The van der Waals surface area contributed by atoms with Crippen molar-refractivity contribution in [1.29, 1.82) is 0 Å². The molecule has 0 atom stereocenters. The maximum atomic E-state index is 12.4. The molecule has 1 aromatic carbocycles. The number of nitrogens with zero attached hydrogens (tertiary/aromatic N) is 5. The zero-order valence-corrected chi connectivity index (χ0v) is 16.9. The number of carbonyl (C=O) groups is 1. The van der Waals surface area contributed by atoms with E-state index in [1.54, 1.807) is 18.2 Å². The van der Waals surface area contributed by atoms with Crippen LogP contribution in [0.15, 0.2) is 50.8 Å². The van der Waals surface area contributed by atoms with E-state index in [0.717, 1.165) is 10.1 Å². The first kappa shape index (κ1) is 19.6. The van der Waals surface area contributed by atoms with Gasteiger partial charge in [-0.25, -0.2) is 9.78 Å². The lowest BCUT2D eigenvalue weighted by molar-refractivity contribution is -0.121. The highest BCUT2D eigenvalue weighted by Gasteiger charge is 2.16. The zero-order valence-electron chi connectivity index (χ0n) is 16.1. The predicted octanol–water partition coefficient (Wildman–Crippen LogP) is 1.06. The molecule has 0 bridgehead atoms. The molecule has 0 spiro atoms. The summed E-state index contributed by atoms with van der Waals surface area (Å²) in [6, 6.07) is 8.83. The molecule has 10 nitrogen and oxygen atoms in total. The first-order valence-corrected chi connectivity index (χ1v) is 9.32. The second-order valence-corrected chi connectivity index (χ2v) is 7.15. The largest absolute Gasteiger partial charge is 0.356 e. The van der Waals surface area contributed by atoms with Crippen LogP contribution in [0.2, 0.25) is 5.02 Å². The van der Waals surface area contributed by atoms with E-state index in [0.29, 0.717) is 16.5 Å². The number of fused-ring (bicyclic) bond motifs is 1. The van der Waals surface area contributed by atoms with Gasteiger partial charge in [0.05, 0.1) is 12.9 Å². The van der Waals surface area contributed by atoms with Gasteiger partial charge in [0.15, 0.2) is 16.9 Å². The summed E-state index contributed by atoms with van der Waals surface area (Å²) in [6.45, 7) is 0.0187. The van der Waals surface area contributed by atoms with Crippen molar-refractivity contribution in [3.63, 3.8) is 0 Å². The van der Waals surface area contributed by atoms with Gasteiger partial charge in [-0.1, -0.05) is 16.8 Å². The lowest BCUT2D eigenvalue weighted by atomic mass is 10.1. The number of hydrogen-bond acceptors (Lipinski definition) is 6. The van der Waals surface area contributed by atoms with E-state index in [2.05, 4.69) is 15.5 Å². The fourth-order valence-electron chi connectivity index (χ4n) is 3.06. The smallest absolute Gasteiger partial charge is 0.332 e. The van der Waals surface area contributed by atoms with Crippen LogP contribution < -0.4 is 16.6 Å². The number of rotatable bonds is 5. The molecule has 0 radical (unpaired) electrons. The van der Waals surface area contributed by atoms with E-state index in [4.69, 9.17) is 16.1 Å². The van der Waals surface area contributed by atoms with E-state index in [9.17, 15) is 14.4 Å². The van der Waals surface area contributed by atoms with E-state index < -0.39 is 11.2 Å². The minimum Gasteiger partial charge on any atom is -0.356 e. The van der Waals surface area contributed by atoms with Gasteiger partial charge in [0, 0.05) is 30.7 Å². The van der Waals surface area contributed by atoms with Crippen LogP contribution in [0.1, 0.15) is 5.69 Å². The van der Waals surface area contributed by atoms with Gasteiger partial charge in [-0.05, 0) is 24.3 Å². The van der Waals surface area contributed by atoms with Gasteiger partial charge < -0.3 is 14.4 Å².